The summed E-state index contributed by atoms with van der Waals surface area (Å²) in [6.07, 6.45) is 5.89. The van der Waals surface area contributed by atoms with Crippen molar-refractivity contribution < 1.29 is 23.8 Å². The predicted octanol–water partition coefficient (Wildman–Crippen LogP) is 1.60. The fourth-order valence-electron chi connectivity index (χ4n) is 5.64. The molecule has 1 saturated heterocycles. The van der Waals surface area contributed by atoms with Crippen molar-refractivity contribution in [2.24, 2.45) is 5.92 Å². The van der Waals surface area contributed by atoms with Crippen molar-refractivity contribution >= 4 is 12.4 Å². The molecule has 6 heteroatoms. The number of ether oxygens (including phenoxy) is 3. The molecule has 0 N–H and O–H groups in total. The van der Waals surface area contributed by atoms with Crippen molar-refractivity contribution in [2.75, 3.05) is 13.7 Å². The zero-order valence-corrected chi connectivity index (χ0v) is 14.8. The van der Waals surface area contributed by atoms with Gasteiger partial charge in [-0.1, -0.05) is 12.1 Å². The number of esters is 1. The molecular weight excluding hydrogens is 334 g/mol. The molecule has 5 rings (SSSR count). The number of hydrogen-bond donors (Lipinski definition) is 0. The van der Waals surface area contributed by atoms with Gasteiger partial charge in [-0.05, 0) is 30.5 Å². The normalized spacial score (nSPS) is 35.4. The van der Waals surface area contributed by atoms with E-state index in [1.807, 2.05) is 17.0 Å². The average molecular weight is 355 g/mol. The summed E-state index contributed by atoms with van der Waals surface area (Å²) in [5.74, 6) is 1.32. The molecule has 6 nitrogen and oxygen atoms in total. The minimum atomic E-state index is -0.435. The van der Waals surface area contributed by atoms with E-state index in [9.17, 15) is 9.59 Å². The smallest absolute Gasteiger partial charge is 0.303 e. The molecule has 26 heavy (non-hydrogen) atoms. The van der Waals surface area contributed by atoms with Crippen molar-refractivity contribution in [1.29, 1.82) is 0 Å². The van der Waals surface area contributed by atoms with Gasteiger partial charge in [-0.15, -0.1) is 0 Å². The van der Waals surface area contributed by atoms with E-state index in [1.54, 1.807) is 7.11 Å². The first-order valence-electron chi connectivity index (χ1n) is 9.03. The molecule has 1 spiro atoms. The van der Waals surface area contributed by atoms with Crippen LogP contribution in [0.25, 0.3) is 0 Å². The number of amides is 1. The van der Waals surface area contributed by atoms with E-state index in [4.69, 9.17) is 14.2 Å². The van der Waals surface area contributed by atoms with Gasteiger partial charge in [-0.25, -0.2) is 0 Å². The number of hydrogen-bond acceptors (Lipinski definition) is 5. The van der Waals surface area contributed by atoms with Gasteiger partial charge in [-0.3, -0.25) is 9.59 Å². The predicted molar refractivity (Wildman–Crippen MR) is 92.2 cm³/mol. The Kier molecular flexibility index (Phi) is 3.18. The number of benzene rings is 1. The third kappa shape index (κ3) is 1.77. The Morgan fingerprint density at radius 3 is 2.96 bits per heavy atom. The SMILES string of the molecule is COc1ccc2c3c1O[C@@H]1[C@H](OC(C)=O)C=C[C@H]4[C@H](C2)N(C=O)CC[C@@]314. The van der Waals surface area contributed by atoms with Gasteiger partial charge in [0.2, 0.25) is 6.41 Å². The van der Waals surface area contributed by atoms with Gasteiger partial charge in [-0.2, -0.15) is 0 Å². The lowest BCUT2D eigenvalue weighted by atomic mass is 9.53. The second-order valence-electron chi connectivity index (χ2n) is 7.56. The van der Waals surface area contributed by atoms with Crippen LogP contribution < -0.4 is 9.47 Å². The van der Waals surface area contributed by atoms with Crippen molar-refractivity contribution in [3.8, 4) is 11.5 Å². The Balaban J connectivity index is 1.73. The number of nitrogens with zero attached hydrogens (tertiary/aromatic N) is 1. The third-order valence-electron chi connectivity index (χ3n) is 6.54. The maximum Gasteiger partial charge on any atom is 0.303 e. The quantitative estimate of drug-likeness (QED) is 0.468. The molecule has 1 amide bonds. The lowest BCUT2D eigenvalue weighted by Gasteiger charge is -2.56. The number of carbonyl (C=O) groups is 2. The van der Waals surface area contributed by atoms with Gasteiger partial charge < -0.3 is 19.1 Å². The van der Waals surface area contributed by atoms with Crippen LogP contribution in [0.2, 0.25) is 0 Å². The van der Waals surface area contributed by atoms with Crippen LogP contribution >= 0.6 is 0 Å². The summed E-state index contributed by atoms with van der Waals surface area (Å²) in [5, 5.41) is 0. The van der Waals surface area contributed by atoms with Crippen LogP contribution in [0.5, 0.6) is 11.5 Å². The van der Waals surface area contributed by atoms with Gasteiger partial charge >= 0.3 is 5.97 Å². The van der Waals surface area contributed by atoms with Crippen LogP contribution in [0.1, 0.15) is 24.5 Å². The van der Waals surface area contributed by atoms with E-state index in [1.165, 1.54) is 18.1 Å². The largest absolute Gasteiger partial charge is 0.493 e. The number of rotatable bonds is 3. The standard InChI is InChI=1S/C20H21NO5/c1-11(23)25-16-6-4-13-14-9-12-3-5-15(24-2)18-17(12)20(13,19(16)26-18)7-8-21(14)10-22/h3-6,10,13-14,16,19H,7-9H2,1-2H3/t13-,14-,16+,19+,20+/m0/s1. The molecule has 1 fully saturated rings. The molecule has 1 aromatic carbocycles. The number of likely N-dealkylation sites (tertiary alicyclic amines) is 1. The van der Waals surface area contributed by atoms with Gasteiger partial charge in [0.05, 0.1) is 12.5 Å². The lowest BCUT2D eigenvalue weighted by molar-refractivity contribution is -0.152. The Morgan fingerprint density at radius 2 is 2.23 bits per heavy atom. The minimum absolute atomic E-state index is 0.105. The van der Waals surface area contributed by atoms with Crippen LogP contribution in [0.3, 0.4) is 0 Å². The Bertz CT molecular complexity index is 834. The zero-order valence-electron chi connectivity index (χ0n) is 14.8. The molecule has 0 radical (unpaired) electrons. The lowest BCUT2D eigenvalue weighted by Crippen LogP contribution is -2.65. The molecule has 5 atom stereocenters. The first kappa shape index (κ1) is 15.7. The highest BCUT2D eigenvalue weighted by molar-refractivity contribution is 5.68. The molecule has 0 saturated carbocycles. The molecule has 1 aromatic rings. The monoisotopic (exact) mass is 355 g/mol. The summed E-state index contributed by atoms with van der Waals surface area (Å²) in [5.41, 5.74) is 2.11. The molecule has 136 valence electrons. The second kappa shape index (κ2) is 5.25. The first-order valence-corrected chi connectivity index (χ1v) is 9.03. The fraction of sp³-hybridized carbons (Fsp3) is 0.500. The summed E-state index contributed by atoms with van der Waals surface area (Å²) in [7, 11) is 1.64. The van der Waals surface area contributed by atoms with Gasteiger partial charge in [0.25, 0.3) is 0 Å². The molecule has 0 unspecified atom stereocenters. The van der Waals surface area contributed by atoms with Crippen molar-refractivity contribution in [3.63, 3.8) is 0 Å². The van der Waals surface area contributed by atoms with E-state index < -0.39 is 6.10 Å². The topological polar surface area (TPSA) is 65.1 Å². The van der Waals surface area contributed by atoms with E-state index in [2.05, 4.69) is 12.1 Å². The van der Waals surface area contributed by atoms with Crippen molar-refractivity contribution in [2.45, 2.75) is 43.4 Å². The van der Waals surface area contributed by atoms with Gasteiger partial charge in [0.1, 0.15) is 6.10 Å². The molecular formula is C20H21NO5. The van der Waals surface area contributed by atoms with Crippen LogP contribution in [-0.4, -0.2) is 49.2 Å². The third-order valence-corrected chi connectivity index (χ3v) is 6.54. The molecule has 0 aromatic heterocycles. The average Bonchev–Trinajstić information content (AvgIpc) is 2.97. The van der Waals surface area contributed by atoms with Crippen LogP contribution in [0.4, 0.5) is 0 Å². The fourth-order valence-corrected chi connectivity index (χ4v) is 5.64. The van der Waals surface area contributed by atoms with Crippen molar-refractivity contribution in [3.05, 3.63) is 35.4 Å². The number of methoxy groups -OCH3 is 1. The maximum absolute atomic E-state index is 11.6. The zero-order chi connectivity index (χ0) is 18.1. The van der Waals surface area contributed by atoms with E-state index in [0.717, 1.165) is 25.0 Å². The van der Waals surface area contributed by atoms with Crippen molar-refractivity contribution in [1.82, 2.24) is 4.90 Å². The summed E-state index contributed by atoms with van der Waals surface area (Å²) in [6.45, 7) is 2.10. The summed E-state index contributed by atoms with van der Waals surface area (Å²) in [6, 6.07) is 4.12. The highest BCUT2D eigenvalue weighted by Crippen LogP contribution is 2.62. The molecule has 2 aliphatic heterocycles. The van der Waals surface area contributed by atoms with Gasteiger partial charge in [0.15, 0.2) is 17.6 Å². The van der Waals surface area contributed by atoms with Crippen LogP contribution in [0, 0.1) is 5.92 Å². The second-order valence-corrected chi connectivity index (χ2v) is 7.56. The molecule has 2 bridgehead atoms. The number of piperidine rings is 1. The summed E-state index contributed by atoms with van der Waals surface area (Å²) < 4.78 is 17.6. The molecule has 2 heterocycles. The summed E-state index contributed by atoms with van der Waals surface area (Å²) in [4.78, 5) is 25.2. The maximum atomic E-state index is 11.6. The Morgan fingerprint density at radius 1 is 1.38 bits per heavy atom. The Labute approximate surface area is 151 Å². The first-order chi connectivity index (χ1) is 12.6. The van der Waals surface area contributed by atoms with E-state index >= 15 is 0 Å². The van der Waals surface area contributed by atoms with Crippen LogP contribution in [0.15, 0.2) is 24.3 Å². The van der Waals surface area contributed by atoms with Gasteiger partial charge in [0, 0.05) is 31.0 Å². The minimum Gasteiger partial charge on any atom is -0.493 e. The Hall–Kier alpha value is -2.50. The van der Waals surface area contributed by atoms with Crippen LogP contribution in [-0.2, 0) is 26.2 Å². The molecule has 2 aliphatic carbocycles. The number of carbonyl (C=O) groups excluding carboxylic acids is 2. The highest BCUT2D eigenvalue weighted by atomic mass is 16.6. The molecule has 4 aliphatic rings. The van der Waals surface area contributed by atoms with E-state index in [0.29, 0.717) is 12.3 Å². The van der Waals surface area contributed by atoms with E-state index in [-0.39, 0.29) is 29.4 Å². The highest BCUT2D eigenvalue weighted by Gasteiger charge is 2.65. The summed E-state index contributed by atoms with van der Waals surface area (Å²) >= 11 is 0.